The average Bonchev–Trinajstić information content (AvgIpc) is 2.50. The molecule has 1 rings (SSSR count). The van der Waals surface area contributed by atoms with E-state index in [-0.39, 0.29) is 11.8 Å². The monoisotopic (exact) mass is 286 g/mol. The summed E-state index contributed by atoms with van der Waals surface area (Å²) in [7, 11) is 1.67. The molecule has 0 aliphatic heterocycles. The van der Waals surface area contributed by atoms with Crippen LogP contribution in [0.3, 0.4) is 0 Å². The highest BCUT2D eigenvalue weighted by atomic mass is 16.5. The molecule has 0 heterocycles. The van der Waals surface area contributed by atoms with E-state index in [0.717, 1.165) is 58.2 Å². The second kappa shape index (κ2) is 11.1. The molecular formula is C15H30N2O3. The minimum absolute atomic E-state index is 0.204. The first-order valence-corrected chi connectivity index (χ1v) is 7.82. The Kier molecular flexibility index (Phi) is 9.62. The van der Waals surface area contributed by atoms with Crippen LogP contribution in [-0.2, 0) is 14.3 Å². The Morgan fingerprint density at radius 2 is 1.90 bits per heavy atom. The van der Waals surface area contributed by atoms with Gasteiger partial charge in [0.1, 0.15) is 0 Å². The van der Waals surface area contributed by atoms with Crippen LogP contribution in [0.5, 0.6) is 0 Å². The Hall–Kier alpha value is -0.650. The summed E-state index contributed by atoms with van der Waals surface area (Å²) in [5.41, 5.74) is 5.66. The lowest BCUT2D eigenvalue weighted by Gasteiger charge is -2.26. The molecule has 0 radical (unpaired) electrons. The van der Waals surface area contributed by atoms with E-state index in [1.165, 1.54) is 0 Å². The maximum absolute atomic E-state index is 12.0. The van der Waals surface area contributed by atoms with Crippen molar-refractivity contribution in [2.24, 2.45) is 17.6 Å². The van der Waals surface area contributed by atoms with Crippen molar-refractivity contribution in [2.75, 3.05) is 40.0 Å². The lowest BCUT2D eigenvalue weighted by molar-refractivity contribution is -0.126. The minimum Gasteiger partial charge on any atom is -0.382 e. The highest BCUT2D eigenvalue weighted by molar-refractivity contribution is 5.78. The number of methoxy groups -OCH3 is 1. The second-order valence-corrected chi connectivity index (χ2v) is 5.56. The van der Waals surface area contributed by atoms with Crippen molar-refractivity contribution < 1.29 is 14.3 Å². The molecule has 118 valence electrons. The van der Waals surface area contributed by atoms with E-state index in [4.69, 9.17) is 15.2 Å². The lowest BCUT2D eigenvalue weighted by Crippen LogP contribution is -2.34. The number of nitrogens with two attached hydrogens (primary N) is 1. The third-order valence-corrected chi connectivity index (χ3v) is 4.00. The van der Waals surface area contributed by atoms with Crippen LogP contribution in [0.15, 0.2) is 0 Å². The summed E-state index contributed by atoms with van der Waals surface area (Å²) in [4.78, 5) is 12.0. The van der Waals surface area contributed by atoms with E-state index < -0.39 is 0 Å². The predicted octanol–water partition coefficient (Wildman–Crippen LogP) is 1.31. The third-order valence-electron chi connectivity index (χ3n) is 4.00. The smallest absolute Gasteiger partial charge is 0.223 e. The number of unbranched alkanes of at least 4 members (excludes halogenated alkanes) is 1. The Bertz CT molecular complexity index is 254. The van der Waals surface area contributed by atoms with Gasteiger partial charge in [0.15, 0.2) is 0 Å². The Balaban J connectivity index is 1.95. The SMILES string of the molecule is COCCOCCCCNC(=O)C1CCC(CN)CC1. The topological polar surface area (TPSA) is 73.6 Å². The molecule has 0 aromatic carbocycles. The van der Waals surface area contributed by atoms with Crippen molar-refractivity contribution in [1.82, 2.24) is 5.32 Å². The molecule has 0 atom stereocenters. The quantitative estimate of drug-likeness (QED) is 0.594. The standard InChI is InChI=1S/C15H30N2O3/c1-19-10-11-20-9-3-2-8-17-15(18)14-6-4-13(12-16)5-7-14/h13-14H,2-12,16H2,1H3,(H,17,18). The Morgan fingerprint density at radius 1 is 1.15 bits per heavy atom. The Labute approximate surface area is 122 Å². The van der Waals surface area contributed by atoms with Crippen molar-refractivity contribution in [1.29, 1.82) is 0 Å². The zero-order valence-electron chi connectivity index (χ0n) is 12.7. The fraction of sp³-hybridized carbons (Fsp3) is 0.933. The summed E-state index contributed by atoms with van der Waals surface area (Å²) in [6.45, 7) is 3.54. The molecule has 0 spiro atoms. The van der Waals surface area contributed by atoms with E-state index in [1.54, 1.807) is 7.11 Å². The van der Waals surface area contributed by atoms with Gasteiger partial charge in [-0.15, -0.1) is 0 Å². The number of hydrogen-bond donors (Lipinski definition) is 2. The summed E-state index contributed by atoms with van der Waals surface area (Å²) in [5.74, 6) is 1.06. The number of ether oxygens (including phenoxy) is 2. The number of carbonyl (C=O) groups is 1. The van der Waals surface area contributed by atoms with Gasteiger partial charge in [-0.05, 0) is 51.0 Å². The van der Waals surface area contributed by atoms with Gasteiger partial charge in [0, 0.05) is 26.2 Å². The van der Waals surface area contributed by atoms with Crippen LogP contribution in [0.25, 0.3) is 0 Å². The van der Waals surface area contributed by atoms with Gasteiger partial charge in [0.25, 0.3) is 0 Å². The molecule has 0 aromatic rings. The number of carbonyl (C=O) groups excluding carboxylic acids is 1. The fourth-order valence-corrected chi connectivity index (χ4v) is 2.59. The first-order chi connectivity index (χ1) is 9.77. The third kappa shape index (κ3) is 7.22. The van der Waals surface area contributed by atoms with Crippen LogP contribution in [0, 0.1) is 11.8 Å². The molecule has 0 aromatic heterocycles. The molecule has 1 fully saturated rings. The van der Waals surface area contributed by atoms with Crippen LogP contribution in [-0.4, -0.2) is 45.9 Å². The van der Waals surface area contributed by atoms with E-state index in [2.05, 4.69) is 5.32 Å². The van der Waals surface area contributed by atoms with Gasteiger partial charge in [0.05, 0.1) is 13.2 Å². The van der Waals surface area contributed by atoms with Crippen molar-refractivity contribution in [3.8, 4) is 0 Å². The zero-order valence-corrected chi connectivity index (χ0v) is 12.7. The summed E-state index contributed by atoms with van der Waals surface area (Å²) in [6, 6.07) is 0. The summed E-state index contributed by atoms with van der Waals surface area (Å²) in [5, 5.41) is 3.04. The largest absolute Gasteiger partial charge is 0.382 e. The molecule has 20 heavy (non-hydrogen) atoms. The molecule has 1 aliphatic rings. The molecular weight excluding hydrogens is 256 g/mol. The minimum atomic E-state index is 0.204. The molecule has 0 unspecified atom stereocenters. The maximum atomic E-state index is 12.0. The summed E-state index contributed by atoms with van der Waals surface area (Å²) in [6.07, 6.45) is 6.13. The van der Waals surface area contributed by atoms with Crippen LogP contribution in [0.2, 0.25) is 0 Å². The van der Waals surface area contributed by atoms with Gasteiger partial charge in [-0.3, -0.25) is 4.79 Å². The van der Waals surface area contributed by atoms with Crippen LogP contribution < -0.4 is 11.1 Å². The lowest BCUT2D eigenvalue weighted by atomic mass is 9.81. The highest BCUT2D eigenvalue weighted by Crippen LogP contribution is 2.28. The van der Waals surface area contributed by atoms with E-state index in [9.17, 15) is 4.79 Å². The van der Waals surface area contributed by atoms with E-state index >= 15 is 0 Å². The van der Waals surface area contributed by atoms with Gasteiger partial charge in [-0.2, -0.15) is 0 Å². The summed E-state index contributed by atoms with van der Waals surface area (Å²) >= 11 is 0. The van der Waals surface area contributed by atoms with Crippen LogP contribution >= 0.6 is 0 Å². The van der Waals surface area contributed by atoms with Crippen molar-refractivity contribution in [3.63, 3.8) is 0 Å². The highest BCUT2D eigenvalue weighted by Gasteiger charge is 2.25. The molecule has 5 nitrogen and oxygen atoms in total. The molecule has 0 saturated heterocycles. The van der Waals surface area contributed by atoms with E-state index in [0.29, 0.717) is 19.1 Å². The molecule has 0 bridgehead atoms. The summed E-state index contributed by atoms with van der Waals surface area (Å²) < 4.78 is 10.3. The normalized spacial score (nSPS) is 22.7. The fourth-order valence-electron chi connectivity index (χ4n) is 2.59. The van der Waals surface area contributed by atoms with Crippen LogP contribution in [0.1, 0.15) is 38.5 Å². The average molecular weight is 286 g/mol. The second-order valence-electron chi connectivity index (χ2n) is 5.56. The van der Waals surface area contributed by atoms with Crippen LogP contribution in [0.4, 0.5) is 0 Å². The molecule has 1 saturated carbocycles. The zero-order chi connectivity index (χ0) is 14.6. The molecule has 3 N–H and O–H groups in total. The number of hydrogen-bond acceptors (Lipinski definition) is 4. The Morgan fingerprint density at radius 3 is 2.55 bits per heavy atom. The van der Waals surface area contributed by atoms with Crippen molar-refractivity contribution in [2.45, 2.75) is 38.5 Å². The van der Waals surface area contributed by atoms with E-state index in [1.807, 2.05) is 0 Å². The maximum Gasteiger partial charge on any atom is 0.223 e. The number of amides is 1. The van der Waals surface area contributed by atoms with Crippen molar-refractivity contribution >= 4 is 5.91 Å². The van der Waals surface area contributed by atoms with Gasteiger partial charge >= 0.3 is 0 Å². The van der Waals surface area contributed by atoms with Crippen molar-refractivity contribution in [3.05, 3.63) is 0 Å². The molecule has 1 aliphatic carbocycles. The van der Waals surface area contributed by atoms with Gasteiger partial charge in [-0.25, -0.2) is 0 Å². The molecule has 1 amide bonds. The van der Waals surface area contributed by atoms with Gasteiger partial charge in [-0.1, -0.05) is 0 Å². The number of nitrogens with one attached hydrogen (secondary N) is 1. The number of rotatable bonds is 10. The van der Waals surface area contributed by atoms with Gasteiger partial charge < -0.3 is 20.5 Å². The molecule has 5 heteroatoms. The predicted molar refractivity (Wildman–Crippen MR) is 79.4 cm³/mol. The van der Waals surface area contributed by atoms with Gasteiger partial charge in [0.2, 0.25) is 5.91 Å². The first kappa shape index (κ1) is 17.4. The first-order valence-electron chi connectivity index (χ1n) is 7.82.